The van der Waals surface area contributed by atoms with Crippen LogP contribution >= 0.6 is 11.6 Å². The number of halogens is 1. The van der Waals surface area contributed by atoms with Crippen molar-refractivity contribution in [2.75, 3.05) is 5.32 Å². The SMILES string of the molecule is CCC(CC)Nc1cc(C)nc(Oc2c(C)cc(Cl)cc2C)c1C(C)=O. The molecule has 1 heterocycles. The smallest absolute Gasteiger partial charge is 0.232 e. The number of benzene rings is 1. The highest BCUT2D eigenvalue weighted by molar-refractivity contribution is 6.30. The summed E-state index contributed by atoms with van der Waals surface area (Å²) in [5.41, 5.74) is 3.86. The molecule has 1 aromatic heterocycles. The van der Waals surface area contributed by atoms with Crippen LogP contribution in [0.25, 0.3) is 0 Å². The zero-order chi connectivity index (χ0) is 19.4. The molecule has 0 aliphatic rings. The zero-order valence-electron chi connectivity index (χ0n) is 16.4. The van der Waals surface area contributed by atoms with Gasteiger partial charge in [-0.3, -0.25) is 4.79 Å². The second kappa shape index (κ2) is 8.54. The van der Waals surface area contributed by atoms with E-state index in [4.69, 9.17) is 16.3 Å². The van der Waals surface area contributed by atoms with Crippen LogP contribution in [-0.4, -0.2) is 16.8 Å². The van der Waals surface area contributed by atoms with Crippen LogP contribution < -0.4 is 10.1 Å². The molecule has 4 nitrogen and oxygen atoms in total. The van der Waals surface area contributed by atoms with Crippen LogP contribution in [0.4, 0.5) is 5.69 Å². The molecule has 26 heavy (non-hydrogen) atoms. The summed E-state index contributed by atoms with van der Waals surface area (Å²) in [6, 6.07) is 5.89. The van der Waals surface area contributed by atoms with Gasteiger partial charge in [-0.2, -0.15) is 0 Å². The second-order valence-corrected chi connectivity index (χ2v) is 7.11. The van der Waals surface area contributed by atoms with Crippen LogP contribution in [0.1, 0.15) is 60.8 Å². The average Bonchev–Trinajstić information content (AvgIpc) is 2.55. The Labute approximate surface area is 160 Å². The van der Waals surface area contributed by atoms with Crippen LogP contribution in [0.15, 0.2) is 18.2 Å². The number of anilines is 1. The molecule has 1 aromatic carbocycles. The van der Waals surface area contributed by atoms with E-state index in [-0.39, 0.29) is 5.78 Å². The van der Waals surface area contributed by atoms with Gasteiger partial charge >= 0.3 is 0 Å². The van der Waals surface area contributed by atoms with Crippen molar-refractivity contribution in [3.63, 3.8) is 0 Å². The maximum Gasteiger partial charge on any atom is 0.232 e. The van der Waals surface area contributed by atoms with Gasteiger partial charge in [-0.1, -0.05) is 25.4 Å². The molecule has 0 unspecified atom stereocenters. The lowest BCUT2D eigenvalue weighted by Gasteiger charge is -2.21. The Bertz CT molecular complexity index is 791. The standard InChI is InChI=1S/C21H27ClN2O2/c1-7-17(8-2)24-18-11-14(5)23-21(19(18)15(6)25)26-20-12(3)9-16(22)10-13(20)4/h9-11,17H,7-8H2,1-6H3,(H,23,24). The van der Waals surface area contributed by atoms with Crippen molar-refractivity contribution in [2.24, 2.45) is 0 Å². The fourth-order valence-electron chi connectivity index (χ4n) is 3.04. The fourth-order valence-corrected chi connectivity index (χ4v) is 3.37. The lowest BCUT2D eigenvalue weighted by Crippen LogP contribution is -2.19. The van der Waals surface area contributed by atoms with E-state index < -0.39 is 0 Å². The number of aromatic nitrogens is 1. The van der Waals surface area contributed by atoms with Crippen molar-refractivity contribution >= 4 is 23.1 Å². The average molecular weight is 375 g/mol. The molecule has 0 aliphatic heterocycles. The van der Waals surface area contributed by atoms with Gasteiger partial charge in [0, 0.05) is 16.8 Å². The molecule has 0 amide bonds. The summed E-state index contributed by atoms with van der Waals surface area (Å²) in [6.07, 6.45) is 1.95. The molecule has 5 heteroatoms. The summed E-state index contributed by atoms with van der Waals surface area (Å²) in [6.45, 7) is 11.6. The van der Waals surface area contributed by atoms with Crippen molar-refractivity contribution in [1.29, 1.82) is 0 Å². The number of ether oxygens (including phenoxy) is 1. The van der Waals surface area contributed by atoms with E-state index in [0.29, 0.717) is 28.3 Å². The molecule has 2 aromatic rings. The molecule has 0 saturated carbocycles. The number of carbonyl (C=O) groups excluding carboxylic acids is 1. The first-order chi connectivity index (χ1) is 12.3. The largest absolute Gasteiger partial charge is 0.438 e. The van der Waals surface area contributed by atoms with Gasteiger partial charge in [0.1, 0.15) is 11.3 Å². The molecule has 0 fully saturated rings. The molecule has 2 rings (SSSR count). The Hall–Kier alpha value is -2.07. The number of hydrogen-bond acceptors (Lipinski definition) is 4. The molecule has 0 radical (unpaired) electrons. The molecular formula is C21H27ClN2O2. The third-order valence-electron chi connectivity index (χ3n) is 4.44. The number of aryl methyl sites for hydroxylation is 3. The van der Waals surface area contributed by atoms with Gasteiger partial charge in [-0.05, 0) is 69.9 Å². The van der Waals surface area contributed by atoms with Gasteiger partial charge in [-0.15, -0.1) is 0 Å². The predicted molar refractivity (Wildman–Crippen MR) is 108 cm³/mol. The number of pyridine rings is 1. The van der Waals surface area contributed by atoms with Crippen LogP contribution in [-0.2, 0) is 0 Å². The van der Waals surface area contributed by atoms with Crippen molar-refractivity contribution in [3.8, 4) is 11.6 Å². The molecule has 0 saturated heterocycles. The number of hydrogen-bond donors (Lipinski definition) is 1. The lowest BCUT2D eigenvalue weighted by atomic mass is 10.1. The summed E-state index contributed by atoms with van der Waals surface area (Å²) >= 11 is 6.11. The number of nitrogens with zero attached hydrogens (tertiary/aromatic N) is 1. The minimum absolute atomic E-state index is 0.0785. The van der Waals surface area contributed by atoms with Gasteiger partial charge in [0.25, 0.3) is 0 Å². The van der Waals surface area contributed by atoms with Crippen LogP contribution in [0.3, 0.4) is 0 Å². The highest BCUT2D eigenvalue weighted by Gasteiger charge is 2.20. The van der Waals surface area contributed by atoms with E-state index in [1.165, 1.54) is 0 Å². The van der Waals surface area contributed by atoms with E-state index in [9.17, 15) is 4.79 Å². The molecule has 0 spiro atoms. The number of nitrogens with one attached hydrogen (secondary N) is 1. The van der Waals surface area contributed by atoms with Gasteiger partial charge in [-0.25, -0.2) is 4.98 Å². The van der Waals surface area contributed by atoms with Gasteiger partial charge in [0.2, 0.25) is 5.88 Å². The Morgan fingerprint density at radius 3 is 2.23 bits per heavy atom. The third kappa shape index (κ3) is 4.55. The second-order valence-electron chi connectivity index (χ2n) is 6.68. The maximum absolute atomic E-state index is 12.4. The Kier molecular flexibility index (Phi) is 6.65. The first-order valence-corrected chi connectivity index (χ1v) is 9.38. The molecular weight excluding hydrogens is 348 g/mol. The summed E-state index contributed by atoms with van der Waals surface area (Å²) in [7, 11) is 0. The van der Waals surface area contributed by atoms with Crippen LogP contribution in [0, 0.1) is 20.8 Å². The molecule has 140 valence electrons. The summed E-state index contributed by atoms with van der Waals surface area (Å²) < 4.78 is 6.13. The quantitative estimate of drug-likeness (QED) is 0.581. The Morgan fingerprint density at radius 2 is 1.73 bits per heavy atom. The van der Waals surface area contributed by atoms with Crippen molar-refractivity contribution in [3.05, 3.63) is 45.6 Å². The molecule has 1 N–H and O–H groups in total. The van der Waals surface area contributed by atoms with E-state index >= 15 is 0 Å². The van der Waals surface area contributed by atoms with Gasteiger partial charge in [0.15, 0.2) is 5.78 Å². The van der Waals surface area contributed by atoms with E-state index in [1.807, 2.05) is 39.0 Å². The van der Waals surface area contributed by atoms with E-state index in [2.05, 4.69) is 24.1 Å². The zero-order valence-corrected chi connectivity index (χ0v) is 17.1. The van der Waals surface area contributed by atoms with Crippen molar-refractivity contribution in [2.45, 2.75) is 60.4 Å². The first-order valence-electron chi connectivity index (χ1n) is 9.00. The minimum Gasteiger partial charge on any atom is -0.438 e. The van der Waals surface area contributed by atoms with Gasteiger partial charge < -0.3 is 10.1 Å². The summed E-state index contributed by atoms with van der Waals surface area (Å²) in [5, 5.41) is 4.13. The highest BCUT2D eigenvalue weighted by Crippen LogP contribution is 2.35. The first kappa shape index (κ1) is 20.2. The third-order valence-corrected chi connectivity index (χ3v) is 4.65. The van der Waals surface area contributed by atoms with Gasteiger partial charge in [0.05, 0.1) is 5.69 Å². The number of ketones is 1. The fraction of sp³-hybridized carbons (Fsp3) is 0.429. The van der Waals surface area contributed by atoms with E-state index in [1.54, 1.807) is 6.92 Å². The summed E-state index contributed by atoms with van der Waals surface area (Å²) in [4.78, 5) is 16.9. The summed E-state index contributed by atoms with van der Waals surface area (Å²) in [5.74, 6) is 0.938. The van der Waals surface area contributed by atoms with E-state index in [0.717, 1.165) is 35.3 Å². The molecule has 0 bridgehead atoms. The maximum atomic E-state index is 12.4. The van der Waals surface area contributed by atoms with Crippen LogP contribution in [0.5, 0.6) is 11.6 Å². The number of carbonyl (C=O) groups is 1. The highest BCUT2D eigenvalue weighted by atomic mass is 35.5. The topological polar surface area (TPSA) is 51.2 Å². The van der Waals surface area contributed by atoms with Crippen molar-refractivity contribution < 1.29 is 9.53 Å². The van der Waals surface area contributed by atoms with Crippen LogP contribution in [0.2, 0.25) is 5.02 Å². The number of Topliss-reactive ketones (excluding diaryl/α,β-unsaturated/α-hetero) is 1. The monoisotopic (exact) mass is 374 g/mol. The Balaban J connectivity index is 2.55. The number of rotatable bonds is 7. The predicted octanol–water partition coefficient (Wildman–Crippen LogP) is 6.26. The Morgan fingerprint density at radius 1 is 1.15 bits per heavy atom. The normalized spacial score (nSPS) is 10.9. The molecule has 0 aliphatic carbocycles. The minimum atomic E-state index is -0.0785. The lowest BCUT2D eigenvalue weighted by molar-refractivity contribution is 0.101. The van der Waals surface area contributed by atoms with Crippen molar-refractivity contribution in [1.82, 2.24) is 4.98 Å². The molecule has 0 atom stereocenters.